The van der Waals surface area contributed by atoms with Crippen molar-refractivity contribution in [3.63, 3.8) is 0 Å². The Hall–Kier alpha value is -2.28. The molecule has 1 aromatic carbocycles. The van der Waals surface area contributed by atoms with E-state index in [1.54, 1.807) is 0 Å². The lowest BCUT2D eigenvalue weighted by Crippen LogP contribution is -2.54. The highest BCUT2D eigenvalue weighted by molar-refractivity contribution is 5.69. The predicted molar refractivity (Wildman–Crippen MR) is 83.7 cm³/mol. The molecule has 1 amide bonds. The highest BCUT2D eigenvalue weighted by Crippen LogP contribution is 2.15. The Bertz CT molecular complexity index is 549. The van der Waals surface area contributed by atoms with E-state index in [1.165, 1.54) is 12.0 Å². The maximum atomic E-state index is 11.2. The third-order valence-corrected chi connectivity index (χ3v) is 3.72. The highest BCUT2D eigenvalue weighted by Gasteiger charge is 2.22. The van der Waals surface area contributed by atoms with Crippen molar-refractivity contribution in [2.75, 3.05) is 33.4 Å². The molecule has 0 aromatic heterocycles. The molecule has 2 rings (SSSR count). The molecule has 23 heavy (non-hydrogen) atoms. The monoisotopic (exact) mass is 322 g/mol. The summed E-state index contributed by atoms with van der Waals surface area (Å²) in [6.07, 6.45) is 0.0251. The number of aryl methyl sites for hydroxylation is 1. The van der Waals surface area contributed by atoms with E-state index >= 15 is 0 Å². The van der Waals surface area contributed by atoms with Gasteiger partial charge in [0.25, 0.3) is 0 Å². The second-order valence-electron chi connectivity index (χ2n) is 5.41. The van der Waals surface area contributed by atoms with Gasteiger partial charge in [-0.1, -0.05) is 12.1 Å². The van der Waals surface area contributed by atoms with Crippen molar-refractivity contribution >= 4 is 12.1 Å². The Morgan fingerprint density at radius 3 is 3.00 bits per heavy atom. The third-order valence-electron chi connectivity index (χ3n) is 3.72. The van der Waals surface area contributed by atoms with E-state index in [4.69, 9.17) is 9.84 Å². The van der Waals surface area contributed by atoms with Crippen molar-refractivity contribution in [2.45, 2.75) is 18.9 Å². The predicted octanol–water partition coefficient (Wildman–Crippen LogP) is 1.12. The fourth-order valence-corrected chi connectivity index (χ4v) is 2.45. The van der Waals surface area contributed by atoms with Gasteiger partial charge in [-0.05, 0) is 24.1 Å². The summed E-state index contributed by atoms with van der Waals surface area (Å²) < 4.78 is 10.4. The van der Waals surface area contributed by atoms with E-state index in [-0.39, 0.29) is 12.0 Å². The van der Waals surface area contributed by atoms with Crippen molar-refractivity contribution in [1.82, 2.24) is 10.2 Å². The van der Waals surface area contributed by atoms with Crippen LogP contribution < -0.4 is 10.1 Å². The van der Waals surface area contributed by atoms with Gasteiger partial charge >= 0.3 is 12.1 Å². The summed E-state index contributed by atoms with van der Waals surface area (Å²) in [6, 6.07) is 7.51. The van der Waals surface area contributed by atoms with Crippen molar-refractivity contribution < 1.29 is 24.2 Å². The first-order valence-corrected chi connectivity index (χ1v) is 7.58. The number of carboxylic acid groups (broad SMARTS) is 1. The maximum Gasteiger partial charge on any atom is 0.407 e. The zero-order valence-electron chi connectivity index (χ0n) is 13.2. The van der Waals surface area contributed by atoms with Crippen LogP contribution in [0.15, 0.2) is 24.3 Å². The first kappa shape index (κ1) is 17.1. The van der Waals surface area contributed by atoms with Crippen LogP contribution in [0.4, 0.5) is 4.79 Å². The first-order chi connectivity index (χ1) is 11.1. The van der Waals surface area contributed by atoms with Crippen LogP contribution in [0.1, 0.15) is 12.0 Å². The summed E-state index contributed by atoms with van der Waals surface area (Å²) in [6.45, 7) is 1.93. The van der Waals surface area contributed by atoms with Gasteiger partial charge in [-0.2, -0.15) is 0 Å². The summed E-state index contributed by atoms with van der Waals surface area (Å²) in [7, 11) is 1.37. The Morgan fingerprint density at radius 1 is 1.43 bits per heavy atom. The molecule has 1 atom stereocenters. The summed E-state index contributed by atoms with van der Waals surface area (Å²) in [4.78, 5) is 23.6. The number of hydrogen-bond donors (Lipinski definition) is 2. The lowest BCUT2D eigenvalue weighted by molar-refractivity contribution is -0.140. The number of ether oxygens (including phenoxy) is 2. The zero-order valence-corrected chi connectivity index (χ0v) is 13.2. The summed E-state index contributed by atoms with van der Waals surface area (Å²) >= 11 is 0. The van der Waals surface area contributed by atoms with Crippen molar-refractivity contribution in [3.05, 3.63) is 29.8 Å². The molecule has 0 aliphatic carbocycles. The number of amides is 1. The lowest BCUT2D eigenvalue weighted by Gasteiger charge is -2.31. The van der Waals surface area contributed by atoms with Crippen LogP contribution in [-0.2, 0) is 16.0 Å². The molecule has 1 aliphatic rings. The van der Waals surface area contributed by atoms with Gasteiger partial charge in [0.2, 0.25) is 0 Å². The molecule has 0 spiro atoms. The van der Waals surface area contributed by atoms with E-state index in [2.05, 4.69) is 10.1 Å². The van der Waals surface area contributed by atoms with Gasteiger partial charge < -0.3 is 24.8 Å². The minimum Gasteiger partial charge on any atom is -0.492 e. The summed E-state index contributed by atoms with van der Waals surface area (Å²) in [5, 5.41) is 12.3. The average molecular weight is 322 g/mol. The number of carbonyl (C=O) groups excluding carboxylic acids is 1. The quantitative estimate of drug-likeness (QED) is 0.763. The summed E-state index contributed by atoms with van der Waals surface area (Å²) in [5.74, 6) is 0.470. The molecule has 1 saturated heterocycles. The molecule has 2 N–H and O–H groups in total. The lowest BCUT2D eigenvalue weighted by atomic mass is 10.1. The molecule has 0 bridgehead atoms. The fourth-order valence-electron chi connectivity index (χ4n) is 2.45. The molecule has 7 heteroatoms. The average Bonchev–Trinajstić information content (AvgIpc) is 2.58. The molecule has 1 aliphatic heterocycles. The molecular weight excluding hydrogens is 300 g/mol. The number of piperazine rings is 1. The second kappa shape index (κ2) is 8.38. The molecule has 0 radical (unpaired) electrons. The van der Waals surface area contributed by atoms with Crippen LogP contribution in [0.25, 0.3) is 0 Å². The molecule has 0 saturated carbocycles. The maximum absolute atomic E-state index is 11.2. The van der Waals surface area contributed by atoms with Crippen LogP contribution >= 0.6 is 0 Å². The van der Waals surface area contributed by atoms with Crippen LogP contribution in [0, 0.1) is 0 Å². The minimum atomic E-state index is -0.902. The minimum absolute atomic E-state index is 0.0291. The van der Waals surface area contributed by atoms with Crippen molar-refractivity contribution in [2.24, 2.45) is 0 Å². The number of benzene rings is 1. The SMILES string of the molecule is COC(=O)CCc1cccc(OCC2CN(C(=O)O)CCN2)c1. The zero-order chi connectivity index (χ0) is 16.7. The molecular formula is C16H22N2O5. The first-order valence-electron chi connectivity index (χ1n) is 7.58. The Labute approximate surface area is 135 Å². The van der Waals surface area contributed by atoms with Crippen LogP contribution in [0.5, 0.6) is 5.75 Å². The van der Waals surface area contributed by atoms with Gasteiger partial charge in [0.05, 0.1) is 13.2 Å². The fraction of sp³-hybridized carbons (Fsp3) is 0.500. The van der Waals surface area contributed by atoms with Gasteiger partial charge in [-0.3, -0.25) is 4.79 Å². The Kier molecular flexibility index (Phi) is 6.22. The molecule has 1 unspecified atom stereocenters. The van der Waals surface area contributed by atoms with E-state index in [9.17, 15) is 9.59 Å². The van der Waals surface area contributed by atoms with Gasteiger partial charge in [0, 0.05) is 26.1 Å². The van der Waals surface area contributed by atoms with E-state index < -0.39 is 6.09 Å². The van der Waals surface area contributed by atoms with Gasteiger partial charge in [-0.15, -0.1) is 0 Å². The van der Waals surface area contributed by atoms with Crippen molar-refractivity contribution in [1.29, 1.82) is 0 Å². The Morgan fingerprint density at radius 2 is 2.26 bits per heavy atom. The van der Waals surface area contributed by atoms with Gasteiger partial charge in [0.15, 0.2) is 0 Å². The number of hydrogen-bond acceptors (Lipinski definition) is 5. The normalized spacial score (nSPS) is 17.6. The van der Waals surface area contributed by atoms with Crippen molar-refractivity contribution in [3.8, 4) is 5.75 Å². The number of carbonyl (C=O) groups is 2. The number of nitrogens with zero attached hydrogens (tertiary/aromatic N) is 1. The standard InChI is InChI=1S/C16H22N2O5/c1-22-15(19)6-5-12-3-2-4-14(9-12)23-11-13-10-18(16(20)21)8-7-17-13/h2-4,9,13,17H,5-8,10-11H2,1H3,(H,20,21). The molecule has 7 nitrogen and oxygen atoms in total. The number of rotatable bonds is 6. The largest absolute Gasteiger partial charge is 0.492 e. The third kappa shape index (κ3) is 5.45. The van der Waals surface area contributed by atoms with Crippen LogP contribution in [0.3, 0.4) is 0 Å². The Balaban J connectivity index is 1.83. The van der Waals surface area contributed by atoms with Crippen LogP contribution in [-0.4, -0.2) is 61.5 Å². The molecule has 126 valence electrons. The van der Waals surface area contributed by atoms with E-state index in [0.717, 1.165) is 5.56 Å². The summed E-state index contributed by atoms with van der Waals surface area (Å²) in [5.41, 5.74) is 0.997. The number of nitrogens with one attached hydrogen (secondary N) is 1. The topological polar surface area (TPSA) is 88.1 Å². The van der Waals surface area contributed by atoms with E-state index in [0.29, 0.717) is 44.8 Å². The van der Waals surface area contributed by atoms with Gasteiger partial charge in [0.1, 0.15) is 12.4 Å². The second-order valence-corrected chi connectivity index (χ2v) is 5.41. The van der Waals surface area contributed by atoms with Gasteiger partial charge in [-0.25, -0.2) is 4.79 Å². The van der Waals surface area contributed by atoms with E-state index in [1.807, 2.05) is 24.3 Å². The number of methoxy groups -OCH3 is 1. The molecule has 1 aromatic rings. The number of esters is 1. The smallest absolute Gasteiger partial charge is 0.407 e. The highest BCUT2D eigenvalue weighted by atomic mass is 16.5. The van der Waals surface area contributed by atoms with Crippen LogP contribution in [0.2, 0.25) is 0 Å². The molecule has 1 fully saturated rings. The molecule has 1 heterocycles.